The molecule has 0 saturated carbocycles. The molecule has 0 saturated heterocycles. The van der Waals surface area contributed by atoms with E-state index in [9.17, 15) is 13.2 Å². The molecular formula is C18H19ClN2O5S. The Morgan fingerprint density at radius 1 is 1.15 bits per heavy atom. The summed E-state index contributed by atoms with van der Waals surface area (Å²) in [6, 6.07) is 9.06. The maximum absolute atomic E-state index is 12.5. The highest BCUT2D eigenvalue weighted by Crippen LogP contribution is 2.39. The topological polar surface area (TPSA) is 84.9 Å². The highest BCUT2D eigenvalue weighted by atomic mass is 35.5. The summed E-state index contributed by atoms with van der Waals surface area (Å²) >= 11 is 6.09. The number of nitrogens with one attached hydrogen (secondary N) is 1. The SMILES string of the molecule is CCN(CC)S(=O)(=O)c1ccc(NC(=O)c2cc(Cl)c3c(c2)OCO3)cc1. The summed E-state index contributed by atoms with van der Waals surface area (Å²) in [5, 5.41) is 3.00. The Hall–Kier alpha value is -2.29. The minimum Gasteiger partial charge on any atom is -0.454 e. The molecule has 3 rings (SSSR count). The van der Waals surface area contributed by atoms with Gasteiger partial charge in [0.25, 0.3) is 5.91 Å². The third-order valence-corrected chi connectivity index (χ3v) is 6.49. The van der Waals surface area contributed by atoms with Crippen LogP contribution < -0.4 is 14.8 Å². The molecule has 1 aliphatic heterocycles. The molecule has 9 heteroatoms. The molecule has 0 spiro atoms. The fraction of sp³-hybridized carbons (Fsp3) is 0.278. The van der Waals surface area contributed by atoms with Crippen LogP contribution in [-0.4, -0.2) is 38.5 Å². The van der Waals surface area contributed by atoms with Crippen LogP contribution in [0.15, 0.2) is 41.3 Å². The molecule has 1 heterocycles. The lowest BCUT2D eigenvalue weighted by atomic mass is 10.2. The van der Waals surface area contributed by atoms with Crippen molar-refractivity contribution >= 4 is 33.2 Å². The number of nitrogens with zero attached hydrogens (tertiary/aromatic N) is 1. The van der Waals surface area contributed by atoms with Crippen molar-refractivity contribution in [3.63, 3.8) is 0 Å². The largest absolute Gasteiger partial charge is 0.454 e. The highest BCUT2D eigenvalue weighted by Gasteiger charge is 2.22. The molecule has 0 aliphatic carbocycles. The first kappa shape index (κ1) is 19.5. The lowest BCUT2D eigenvalue weighted by molar-refractivity contribution is 0.102. The van der Waals surface area contributed by atoms with Crippen molar-refractivity contribution in [1.29, 1.82) is 0 Å². The van der Waals surface area contributed by atoms with Gasteiger partial charge in [0.1, 0.15) is 0 Å². The third-order valence-electron chi connectivity index (χ3n) is 4.14. The number of amides is 1. The van der Waals surface area contributed by atoms with E-state index in [1.165, 1.54) is 22.5 Å². The van der Waals surface area contributed by atoms with Crippen molar-refractivity contribution in [2.24, 2.45) is 0 Å². The van der Waals surface area contributed by atoms with Gasteiger partial charge in [0.15, 0.2) is 11.5 Å². The van der Waals surface area contributed by atoms with E-state index in [-0.39, 0.29) is 16.7 Å². The average Bonchev–Trinajstić information content (AvgIpc) is 3.12. The number of carbonyl (C=O) groups is 1. The van der Waals surface area contributed by atoms with Gasteiger partial charge in [0.05, 0.1) is 9.92 Å². The summed E-state index contributed by atoms with van der Waals surface area (Å²) in [7, 11) is -3.54. The molecule has 0 radical (unpaired) electrons. The maximum Gasteiger partial charge on any atom is 0.255 e. The van der Waals surface area contributed by atoms with Crippen molar-refractivity contribution in [3.05, 3.63) is 47.0 Å². The molecule has 27 heavy (non-hydrogen) atoms. The summed E-state index contributed by atoms with van der Waals surface area (Å²) in [6.07, 6.45) is 0. The van der Waals surface area contributed by atoms with Gasteiger partial charge in [-0.25, -0.2) is 8.42 Å². The molecule has 2 aromatic rings. The van der Waals surface area contributed by atoms with Gasteiger partial charge < -0.3 is 14.8 Å². The zero-order valence-electron chi connectivity index (χ0n) is 14.9. The number of carbonyl (C=O) groups excluding carboxylic acids is 1. The lowest BCUT2D eigenvalue weighted by Crippen LogP contribution is -2.30. The van der Waals surface area contributed by atoms with Gasteiger partial charge in [0.2, 0.25) is 16.8 Å². The summed E-state index contributed by atoms with van der Waals surface area (Å²) in [5.41, 5.74) is 0.774. The minimum atomic E-state index is -3.54. The van der Waals surface area contributed by atoms with E-state index in [2.05, 4.69) is 5.32 Å². The second kappa shape index (κ2) is 7.75. The Kier molecular flexibility index (Phi) is 5.59. The van der Waals surface area contributed by atoms with Crippen molar-refractivity contribution in [2.75, 3.05) is 25.2 Å². The molecule has 1 amide bonds. The van der Waals surface area contributed by atoms with E-state index >= 15 is 0 Å². The number of fused-ring (bicyclic) bond motifs is 1. The number of hydrogen-bond acceptors (Lipinski definition) is 5. The Balaban J connectivity index is 1.77. The molecular weight excluding hydrogens is 392 g/mol. The molecule has 0 atom stereocenters. The lowest BCUT2D eigenvalue weighted by Gasteiger charge is -2.18. The summed E-state index contributed by atoms with van der Waals surface area (Å²) in [4.78, 5) is 12.6. The smallest absolute Gasteiger partial charge is 0.255 e. The number of hydrogen-bond donors (Lipinski definition) is 1. The fourth-order valence-corrected chi connectivity index (χ4v) is 4.45. The molecule has 2 aromatic carbocycles. The monoisotopic (exact) mass is 410 g/mol. The average molecular weight is 411 g/mol. The van der Waals surface area contributed by atoms with Crippen molar-refractivity contribution < 1.29 is 22.7 Å². The molecule has 7 nitrogen and oxygen atoms in total. The normalized spacial score (nSPS) is 13.0. The summed E-state index contributed by atoms with van der Waals surface area (Å²) < 4.78 is 36.8. The number of benzene rings is 2. The van der Waals surface area contributed by atoms with E-state index in [0.717, 1.165) is 0 Å². The Bertz CT molecular complexity index is 956. The van der Waals surface area contributed by atoms with E-state index < -0.39 is 15.9 Å². The highest BCUT2D eigenvalue weighted by molar-refractivity contribution is 7.89. The number of ether oxygens (including phenoxy) is 2. The van der Waals surface area contributed by atoms with Crippen LogP contribution in [0.1, 0.15) is 24.2 Å². The first-order valence-corrected chi connectivity index (χ1v) is 10.2. The number of sulfonamides is 1. The molecule has 0 aromatic heterocycles. The van der Waals surface area contributed by atoms with Crippen LogP contribution in [-0.2, 0) is 10.0 Å². The number of anilines is 1. The van der Waals surface area contributed by atoms with E-state index in [1.54, 1.807) is 32.0 Å². The van der Waals surface area contributed by atoms with Crippen LogP contribution in [0.4, 0.5) is 5.69 Å². The Labute approximate surface area is 162 Å². The molecule has 144 valence electrons. The second-order valence-corrected chi connectivity index (χ2v) is 8.10. The van der Waals surface area contributed by atoms with Crippen LogP contribution in [0.25, 0.3) is 0 Å². The Morgan fingerprint density at radius 2 is 1.81 bits per heavy atom. The molecule has 0 unspecified atom stereocenters. The molecule has 1 N–H and O–H groups in total. The molecule has 0 fully saturated rings. The van der Waals surface area contributed by atoms with Crippen LogP contribution in [0.3, 0.4) is 0 Å². The minimum absolute atomic E-state index is 0.0581. The van der Waals surface area contributed by atoms with Gasteiger partial charge in [-0.05, 0) is 36.4 Å². The van der Waals surface area contributed by atoms with Crippen molar-refractivity contribution in [1.82, 2.24) is 4.31 Å². The van der Waals surface area contributed by atoms with Gasteiger partial charge in [-0.3, -0.25) is 4.79 Å². The first-order chi connectivity index (χ1) is 12.9. The van der Waals surface area contributed by atoms with Crippen LogP contribution >= 0.6 is 11.6 Å². The van der Waals surface area contributed by atoms with Crippen LogP contribution in [0, 0.1) is 0 Å². The second-order valence-electron chi connectivity index (χ2n) is 5.76. The van der Waals surface area contributed by atoms with Gasteiger partial charge in [0, 0.05) is 24.3 Å². The third kappa shape index (κ3) is 3.87. The molecule has 1 aliphatic rings. The predicted octanol–water partition coefficient (Wildman–Crippen LogP) is 3.35. The van der Waals surface area contributed by atoms with Gasteiger partial charge in [-0.15, -0.1) is 0 Å². The van der Waals surface area contributed by atoms with Crippen LogP contribution in [0.2, 0.25) is 5.02 Å². The van der Waals surface area contributed by atoms with Gasteiger partial charge in [-0.2, -0.15) is 4.31 Å². The van der Waals surface area contributed by atoms with Gasteiger partial charge >= 0.3 is 0 Å². The molecule has 0 bridgehead atoms. The Morgan fingerprint density at radius 3 is 2.44 bits per heavy atom. The number of halogens is 1. The van der Waals surface area contributed by atoms with Gasteiger partial charge in [-0.1, -0.05) is 25.4 Å². The van der Waals surface area contributed by atoms with Crippen molar-refractivity contribution in [2.45, 2.75) is 18.7 Å². The first-order valence-electron chi connectivity index (χ1n) is 8.37. The number of rotatable bonds is 6. The maximum atomic E-state index is 12.5. The standard InChI is InChI=1S/C18H19ClN2O5S/c1-3-21(4-2)27(23,24)14-7-5-13(6-8-14)20-18(22)12-9-15(19)17-16(10-12)25-11-26-17/h5-10H,3-4,11H2,1-2H3,(H,20,22). The van der Waals surface area contributed by atoms with Crippen molar-refractivity contribution in [3.8, 4) is 11.5 Å². The summed E-state index contributed by atoms with van der Waals surface area (Å²) in [5.74, 6) is 0.432. The van der Waals surface area contributed by atoms with E-state index in [1.807, 2.05) is 0 Å². The quantitative estimate of drug-likeness (QED) is 0.789. The zero-order valence-corrected chi connectivity index (χ0v) is 16.4. The van der Waals surface area contributed by atoms with E-state index in [4.69, 9.17) is 21.1 Å². The van der Waals surface area contributed by atoms with Crippen LogP contribution in [0.5, 0.6) is 11.5 Å². The zero-order chi connectivity index (χ0) is 19.6. The predicted molar refractivity (Wildman–Crippen MR) is 102 cm³/mol. The summed E-state index contributed by atoms with van der Waals surface area (Å²) in [6.45, 7) is 4.41. The fourth-order valence-electron chi connectivity index (χ4n) is 2.72. The van der Waals surface area contributed by atoms with E-state index in [0.29, 0.717) is 35.8 Å².